The summed E-state index contributed by atoms with van der Waals surface area (Å²) in [6.07, 6.45) is 5.65. The van der Waals surface area contributed by atoms with E-state index in [1.54, 1.807) is 0 Å². The smallest absolute Gasteiger partial charge is 0.00965 e. The third-order valence-corrected chi connectivity index (χ3v) is 3.22. The monoisotopic (exact) mass is 182 g/mol. The van der Waals surface area contributed by atoms with Gasteiger partial charge in [-0.1, -0.05) is 13.3 Å². The molecule has 0 bridgehead atoms. The van der Waals surface area contributed by atoms with Crippen molar-refractivity contribution in [3.8, 4) is 0 Å². The highest BCUT2D eigenvalue weighted by molar-refractivity contribution is 4.88. The molecule has 2 fully saturated rings. The Bertz CT molecular complexity index is 150. The van der Waals surface area contributed by atoms with Crippen molar-refractivity contribution in [2.45, 2.75) is 38.6 Å². The first-order valence-electron chi connectivity index (χ1n) is 5.85. The number of hydrogen-bond acceptors (Lipinski definition) is 2. The van der Waals surface area contributed by atoms with Crippen LogP contribution in [0.25, 0.3) is 0 Å². The molecule has 0 aromatic heterocycles. The van der Waals surface area contributed by atoms with E-state index in [4.69, 9.17) is 0 Å². The van der Waals surface area contributed by atoms with E-state index in [1.165, 1.54) is 51.9 Å². The minimum Gasteiger partial charge on any atom is -0.316 e. The summed E-state index contributed by atoms with van der Waals surface area (Å²) in [5.41, 5.74) is 0. The molecule has 1 saturated heterocycles. The highest BCUT2D eigenvalue weighted by Crippen LogP contribution is 2.28. The largest absolute Gasteiger partial charge is 0.316 e. The van der Waals surface area contributed by atoms with Gasteiger partial charge in [0.05, 0.1) is 0 Å². The summed E-state index contributed by atoms with van der Waals surface area (Å²) >= 11 is 0. The third kappa shape index (κ3) is 2.68. The Morgan fingerprint density at radius 3 is 2.54 bits per heavy atom. The fourth-order valence-corrected chi connectivity index (χ4v) is 2.03. The predicted molar refractivity (Wildman–Crippen MR) is 55.9 cm³/mol. The minimum atomic E-state index is 0.956. The molecule has 1 N–H and O–H groups in total. The molecular weight excluding hydrogens is 160 g/mol. The van der Waals surface area contributed by atoms with E-state index in [2.05, 4.69) is 17.1 Å². The van der Waals surface area contributed by atoms with Gasteiger partial charge in [-0.15, -0.1) is 0 Å². The van der Waals surface area contributed by atoms with Gasteiger partial charge in [0.2, 0.25) is 0 Å². The van der Waals surface area contributed by atoms with Gasteiger partial charge in [0.1, 0.15) is 0 Å². The van der Waals surface area contributed by atoms with Crippen LogP contribution in [0.15, 0.2) is 0 Å². The van der Waals surface area contributed by atoms with Gasteiger partial charge in [0, 0.05) is 25.7 Å². The summed E-state index contributed by atoms with van der Waals surface area (Å²) in [5.74, 6) is 0.956. The van der Waals surface area contributed by atoms with Gasteiger partial charge >= 0.3 is 0 Å². The van der Waals surface area contributed by atoms with Crippen molar-refractivity contribution in [2.24, 2.45) is 5.92 Å². The molecule has 2 nitrogen and oxygen atoms in total. The lowest BCUT2D eigenvalue weighted by atomic mass is 10.0. The fourth-order valence-electron chi connectivity index (χ4n) is 2.03. The SMILES string of the molecule is CCCCN(CC1CNC1)C1CC1. The van der Waals surface area contributed by atoms with Crippen LogP contribution >= 0.6 is 0 Å². The summed E-state index contributed by atoms with van der Waals surface area (Å²) in [6.45, 7) is 7.51. The molecule has 0 amide bonds. The average Bonchev–Trinajstić information content (AvgIpc) is 2.84. The van der Waals surface area contributed by atoms with Crippen LogP contribution < -0.4 is 5.32 Å². The van der Waals surface area contributed by atoms with Crippen LogP contribution in [-0.2, 0) is 0 Å². The second-order valence-electron chi connectivity index (χ2n) is 4.60. The third-order valence-electron chi connectivity index (χ3n) is 3.22. The number of nitrogens with zero attached hydrogens (tertiary/aromatic N) is 1. The zero-order valence-corrected chi connectivity index (χ0v) is 8.76. The molecule has 0 atom stereocenters. The molecule has 1 saturated carbocycles. The van der Waals surface area contributed by atoms with Crippen LogP contribution in [0.3, 0.4) is 0 Å². The van der Waals surface area contributed by atoms with Crippen molar-refractivity contribution < 1.29 is 0 Å². The molecule has 1 heterocycles. The quantitative estimate of drug-likeness (QED) is 0.669. The number of nitrogens with one attached hydrogen (secondary N) is 1. The van der Waals surface area contributed by atoms with E-state index in [-0.39, 0.29) is 0 Å². The van der Waals surface area contributed by atoms with Crippen molar-refractivity contribution in [2.75, 3.05) is 26.2 Å². The molecule has 0 aromatic carbocycles. The lowest BCUT2D eigenvalue weighted by Crippen LogP contribution is -2.48. The van der Waals surface area contributed by atoms with Gasteiger partial charge in [0.15, 0.2) is 0 Å². The molecule has 2 heteroatoms. The second kappa shape index (κ2) is 4.43. The highest BCUT2D eigenvalue weighted by Gasteiger charge is 2.31. The van der Waals surface area contributed by atoms with Gasteiger partial charge in [0.25, 0.3) is 0 Å². The molecule has 0 aromatic rings. The summed E-state index contributed by atoms with van der Waals surface area (Å²) in [7, 11) is 0. The summed E-state index contributed by atoms with van der Waals surface area (Å²) in [6, 6.07) is 0.965. The molecule has 1 aliphatic carbocycles. The molecule has 1 aliphatic heterocycles. The van der Waals surface area contributed by atoms with Crippen LogP contribution in [0.2, 0.25) is 0 Å². The van der Waals surface area contributed by atoms with E-state index in [9.17, 15) is 0 Å². The predicted octanol–water partition coefficient (Wildman–Crippen LogP) is 1.47. The molecule has 2 aliphatic rings. The van der Waals surface area contributed by atoms with Crippen LogP contribution in [0, 0.1) is 5.92 Å². The zero-order valence-electron chi connectivity index (χ0n) is 8.76. The van der Waals surface area contributed by atoms with Crippen LogP contribution in [0.5, 0.6) is 0 Å². The zero-order chi connectivity index (χ0) is 9.10. The van der Waals surface area contributed by atoms with E-state index < -0.39 is 0 Å². The summed E-state index contributed by atoms with van der Waals surface area (Å²) in [5, 5.41) is 3.36. The van der Waals surface area contributed by atoms with Crippen LogP contribution in [-0.4, -0.2) is 37.1 Å². The molecule has 0 spiro atoms. The first kappa shape index (κ1) is 9.47. The van der Waals surface area contributed by atoms with Crippen molar-refractivity contribution in [1.82, 2.24) is 10.2 Å². The molecule has 13 heavy (non-hydrogen) atoms. The van der Waals surface area contributed by atoms with E-state index >= 15 is 0 Å². The number of hydrogen-bond donors (Lipinski definition) is 1. The van der Waals surface area contributed by atoms with Gasteiger partial charge in [-0.05, 0) is 31.7 Å². The van der Waals surface area contributed by atoms with Gasteiger partial charge in [-0.3, -0.25) is 0 Å². The normalized spacial score (nSPS) is 23.5. The lowest BCUT2D eigenvalue weighted by Gasteiger charge is -2.33. The standard InChI is InChI=1S/C11H22N2/c1-2-3-6-13(11-4-5-11)9-10-7-12-8-10/h10-12H,2-9H2,1H3. The second-order valence-corrected chi connectivity index (χ2v) is 4.60. The number of rotatable bonds is 6. The molecule has 76 valence electrons. The maximum absolute atomic E-state index is 3.36. The average molecular weight is 182 g/mol. The Hall–Kier alpha value is -0.0800. The van der Waals surface area contributed by atoms with Crippen molar-refractivity contribution in [3.05, 3.63) is 0 Å². The maximum atomic E-state index is 3.36. The summed E-state index contributed by atoms with van der Waals surface area (Å²) in [4.78, 5) is 2.73. The molecular formula is C11H22N2. The van der Waals surface area contributed by atoms with E-state index in [0.29, 0.717) is 0 Å². The molecule has 0 radical (unpaired) electrons. The van der Waals surface area contributed by atoms with Gasteiger partial charge < -0.3 is 10.2 Å². The van der Waals surface area contributed by atoms with Gasteiger partial charge in [-0.25, -0.2) is 0 Å². The van der Waals surface area contributed by atoms with E-state index in [1.807, 2.05) is 0 Å². The summed E-state index contributed by atoms with van der Waals surface area (Å²) < 4.78 is 0. The first-order chi connectivity index (χ1) is 6.40. The van der Waals surface area contributed by atoms with E-state index in [0.717, 1.165) is 12.0 Å². The Morgan fingerprint density at radius 1 is 1.31 bits per heavy atom. The molecule has 0 unspecified atom stereocenters. The Kier molecular flexibility index (Phi) is 3.23. The van der Waals surface area contributed by atoms with Gasteiger partial charge in [-0.2, -0.15) is 0 Å². The van der Waals surface area contributed by atoms with Crippen molar-refractivity contribution >= 4 is 0 Å². The highest BCUT2D eigenvalue weighted by atomic mass is 15.2. The Morgan fingerprint density at radius 2 is 2.08 bits per heavy atom. The van der Waals surface area contributed by atoms with Crippen LogP contribution in [0.1, 0.15) is 32.6 Å². The van der Waals surface area contributed by atoms with Crippen molar-refractivity contribution in [3.63, 3.8) is 0 Å². The first-order valence-corrected chi connectivity index (χ1v) is 5.85. The maximum Gasteiger partial charge on any atom is 0.00965 e. The minimum absolute atomic E-state index is 0.956. The topological polar surface area (TPSA) is 15.3 Å². The Balaban J connectivity index is 1.68. The lowest BCUT2D eigenvalue weighted by molar-refractivity contribution is 0.183. The van der Waals surface area contributed by atoms with Crippen LogP contribution in [0.4, 0.5) is 0 Å². The van der Waals surface area contributed by atoms with Crippen molar-refractivity contribution in [1.29, 1.82) is 0 Å². The fraction of sp³-hybridized carbons (Fsp3) is 1.00. The molecule has 2 rings (SSSR count). The Labute approximate surface area is 81.7 Å². The number of unbranched alkanes of at least 4 members (excludes halogenated alkanes) is 1.